The molecule has 9 heteroatoms. The van der Waals surface area contributed by atoms with Gasteiger partial charge >= 0.3 is 0 Å². The summed E-state index contributed by atoms with van der Waals surface area (Å²) < 4.78 is 26.7. The fraction of sp³-hybridized carbons (Fsp3) is 0.706. The molecule has 4 N–H and O–H groups in total. The smallest absolute Gasteiger partial charge is 0.213 e. The van der Waals surface area contributed by atoms with E-state index in [1.54, 1.807) is 6.92 Å². The van der Waals surface area contributed by atoms with Gasteiger partial charge in [0.1, 0.15) is 5.60 Å². The zero-order valence-corrected chi connectivity index (χ0v) is 17.1. The molecule has 1 fully saturated rings. The van der Waals surface area contributed by atoms with Gasteiger partial charge in [0.2, 0.25) is 10.0 Å². The molecule has 148 valence electrons. The highest BCUT2D eigenvalue weighted by atomic mass is 32.2. The molecule has 0 amide bonds. The van der Waals surface area contributed by atoms with Crippen LogP contribution in [0.25, 0.3) is 0 Å². The van der Waals surface area contributed by atoms with E-state index < -0.39 is 15.6 Å². The number of aliphatic hydroxyl groups is 1. The van der Waals surface area contributed by atoms with Crippen LogP contribution in [0.3, 0.4) is 0 Å². The van der Waals surface area contributed by atoms with E-state index in [1.165, 1.54) is 17.8 Å². The Balaban J connectivity index is 1.81. The Bertz CT molecular complexity index is 668. The summed E-state index contributed by atoms with van der Waals surface area (Å²) in [4.78, 5) is 5.24. The number of hydrogen-bond donors (Lipinski definition) is 4. The third kappa shape index (κ3) is 6.86. The van der Waals surface area contributed by atoms with Crippen LogP contribution in [-0.2, 0) is 15.6 Å². The van der Waals surface area contributed by atoms with Crippen LogP contribution in [0.2, 0.25) is 0 Å². The first-order chi connectivity index (χ1) is 12.3. The van der Waals surface area contributed by atoms with Gasteiger partial charge in [0.15, 0.2) is 5.96 Å². The Labute approximate surface area is 160 Å². The monoisotopic (exact) mass is 402 g/mol. The van der Waals surface area contributed by atoms with E-state index in [2.05, 4.69) is 20.3 Å². The van der Waals surface area contributed by atoms with Crippen molar-refractivity contribution >= 4 is 27.3 Å². The summed E-state index contributed by atoms with van der Waals surface area (Å²) in [6.07, 6.45) is 3.43. The van der Waals surface area contributed by atoms with Crippen molar-refractivity contribution in [3.8, 4) is 0 Å². The van der Waals surface area contributed by atoms with Crippen molar-refractivity contribution in [3.05, 3.63) is 22.4 Å². The van der Waals surface area contributed by atoms with Crippen molar-refractivity contribution in [2.45, 2.75) is 38.7 Å². The van der Waals surface area contributed by atoms with E-state index in [-0.39, 0.29) is 18.8 Å². The van der Waals surface area contributed by atoms with Crippen LogP contribution in [0.5, 0.6) is 0 Å². The second kappa shape index (κ2) is 9.68. The molecule has 1 heterocycles. The molecule has 0 bridgehead atoms. The molecule has 0 saturated heterocycles. The normalized spacial score (nSPS) is 18.2. The van der Waals surface area contributed by atoms with E-state index in [0.29, 0.717) is 25.0 Å². The first-order valence-electron chi connectivity index (χ1n) is 9.08. The molecule has 0 radical (unpaired) electrons. The molecule has 1 saturated carbocycles. The third-order valence-corrected chi connectivity index (χ3v) is 6.89. The first-order valence-corrected chi connectivity index (χ1v) is 11.6. The van der Waals surface area contributed by atoms with Gasteiger partial charge < -0.3 is 15.7 Å². The summed E-state index contributed by atoms with van der Waals surface area (Å²) in [5.41, 5.74) is -1.05. The predicted molar refractivity (Wildman–Crippen MR) is 107 cm³/mol. The molecule has 1 unspecified atom stereocenters. The highest BCUT2D eigenvalue weighted by Gasteiger charge is 2.24. The van der Waals surface area contributed by atoms with Crippen LogP contribution in [0.15, 0.2) is 22.5 Å². The van der Waals surface area contributed by atoms with E-state index in [0.717, 1.165) is 17.7 Å². The topological polar surface area (TPSA) is 103 Å². The van der Waals surface area contributed by atoms with Gasteiger partial charge in [0.05, 0.1) is 12.3 Å². The van der Waals surface area contributed by atoms with Gasteiger partial charge in [0.25, 0.3) is 0 Å². The first kappa shape index (κ1) is 21.1. The summed E-state index contributed by atoms with van der Waals surface area (Å²) >= 11 is 1.48. The Morgan fingerprint density at radius 1 is 1.42 bits per heavy atom. The van der Waals surface area contributed by atoms with Gasteiger partial charge in [-0.2, -0.15) is 0 Å². The number of aliphatic imine (C=N–C) groups is 1. The van der Waals surface area contributed by atoms with E-state index in [1.807, 2.05) is 24.4 Å². The molecule has 26 heavy (non-hydrogen) atoms. The number of thiophene rings is 1. The Morgan fingerprint density at radius 3 is 2.77 bits per heavy atom. The molecule has 1 aliphatic carbocycles. The van der Waals surface area contributed by atoms with E-state index in [9.17, 15) is 13.5 Å². The van der Waals surface area contributed by atoms with Crippen molar-refractivity contribution in [1.29, 1.82) is 0 Å². The number of nitrogens with zero attached hydrogens (tertiary/aromatic N) is 1. The van der Waals surface area contributed by atoms with Crippen LogP contribution < -0.4 is 15.4 Å². The predicted octanol–water partition coefficient (Wildman–Crippen LogP) is 1.23. The fourth-order valence-electron chi connectivity index (χ4n) is 2.56. The largest absolute Gasteiger partial charge is 0.383 e. The Hall–Kier alpha value is -1.16. The van der Waals surface area contributed by atoms with Crippen molar-refractivity contribution in [3.63, 3.8) is 0 Å². The second-order valence-electron chi connectivity index (χ2n) is 6.84. The molecule has 7 nitrogen and oxygen atoms in total. The Morgan fingerprint density at radius 2 is 2.19 bits per heavy atom. The lowest BCUT2D eigenvalue weighted by atomic mass is 9.86. The van der Waals surface area contributed by atoms with Crippen LogP contribution in [-0.4, -0.2) is 51.4 Å². The minimum Gasteiger partial charge on any atom is -0.383 e. The minimum atomic E-state index is -3.29. The van der Waals surface area contributed by atoms with Crippen LogP contribution in [0, 0.1) is 5.92 Å². The minimum absolute atomic E-state index is 0.00848. The molecule has 1 aromatic heterocycles. The van der Waals surface area contributed by atoms with E-state index in [4.69, 9.17) is 0 Å². The van der Waals surface area contributed by atoms with Crippen molar-refractivity contribution in [2.24, 2.45) is 10.9 Å². The van der Waals surface area contributed by atoms with Crippen molar-refractivity contribution < 1.29 is 13.5 Å². The third-order valence-electron chi connectivity index (χ3n) is 4.42. The van der Waals surface area contributed by atoms with E-state index >= 15 is 0 Å². The zero-order valence-electron chi connectivity index (χ0n) is 15.5. The molecule has 0 aromatic carbocycles. The van der Waals surface area contributed by atoms with Crippen LogP contribution in [0.4, 0.5) is 0 Å². The van der Waals surface area contributed by atoms with Gasteiger partial charge in [-0.25, -0.2) is 18.1 Å². The van der Waals surface area contributed by atoms with Gasteiger partial charge in [-0.3, -0.25) is 0 Å². The number of guanidine groups is 1. The molecular weight excluding hydrogens is 372 g/mol. The second-order valence-corrected chi connectivity index (χ2v) is 9.71. The molecule has 2 rings (SSSR count). The maximum Gasteiger partial charge on any atom is 0.213 e. The zero-order chi connectivity index (χ0) is 19.0. The Kier molecular flexibility index (Phi) is 7.87. The highest BCUT2D eigenvalue weighted by molar-refractivity contribution is 7.89. The molecule has 1 aliphatic rings. The summed E-state index contributed by atoms with van der Waals surface area (Å²) in [6, 6.07) is 3.77. The molecule has 0 spiro atoms. The highest BCUT2D eigenvalue weighted by Crippen LogP contribution is 2.26. The summed E-state index contributed by atoms with van der Waals surface area (Å²) in [5.74, 6) is 0.987. The van der Waals surface area contributed by atoms with Crippen molar-refractivity contribution in [2.75, 3.05) is 31.9 Å². The van der Waals surface area contributed by atoms with Crippen molar-refractivity contribution in [1.82, 2.24) is 15.4 Å². The summed E-state index contributed by atoms with van der Waals surface area (Å²) in [6.45, 7) is 5.30. The lowest BCUT2D eigenvalue weighted by molar-refractivity contribution is 0.0711. The lowest BCUT2D eigenvalue weighted by Crippen LogP contribution is -2.42. The van der Waals surface area contributed by atoms with Gasteiger partial charge in [0, 0.05) is 24.5 Å². The standard InChI is InChI=1S/C17H30N4O3S2/c1-3-18-16(20-13-17(2,22)15-8-5-10-25-15)19-9-11-26(23,24)21-12-14-6-4-7-14/h5,8,10,14,21-22H,3-4,6-7,9,11-13H2,1-2H3,(H2,18,19,20). The molecule has 1 atom stereocenters. The van der Waals surface area contributed by atoms with Crippen LogP contribution in [0.1, 0.15) is 38.0 Å². The number of rotatable bonds is 10. The maximum absolute atomic E-state index is 12.0. The fourth-order valence-corrected chi connectivity index (χ4v) is 4.34. The molecule has 0 aliphatic heterocycles. The summed E-state index contributed by atoms with van der Waals surface area (Å²) in [7, 11) is -3.29. The molecule has 1 aromatic rings. The average molecular weight is 403 g/mol. The van der Waals surface area contributed by atoms with Gasteiger partial charge in [-0.05, 0) is 44.1 Å². The summed E-state index contributed by atoms with van der Waals surface area (Å²) in [5, 5.41) is 18.5. The number of sulfonamides is 1. The quantitative estimate of drug-likeness (QED) is 0.348. The molecular formula is C17H30N4O3S2. The number of hydrogen-bond acceptors (Lipinski definition) is 5. The van der Waals surface area contributed by atoms with Gasteiger partial charge in [-0.15, -0.1) is 11.3 Å². The SMILES string of the molecule is CCNC(=NCC(C)(O)c1cccs1)NCCS(=O)(=O)NCC1CCC1. The van der Waals surface area contributed by atoms with Gasteiger partial charge in [-0.1, -0.05) is 12.5 Å². The lowest BCUT2D eigenvalue weighted by Gasteiger charge is -2.25. The maximum atomic E-state index is 12.0. The van der Waals surface area contributed by atoms with Crippen LogP contribution >= 0.6 is 11.3 Å². The average Bonchev–Trinajstić information content (AvgIpc) is 3.06. The number of nitrogens with one attached hydrogen (secondary N) is 3.